The Morgan fingerprint density at radius 3 is 3.00 bits per heavy atom. The third-order valence-electron chi connectivity index (χ3n) is 4.19. The van der Waals surface area contributed by atoms with Crippen LogP contribution in [-0.2, 0) is 19.2 Å². The number of fused-ring (bicyclic) bond motifs is 1. The van der Waals surface area contributed by atoms with Crippen LogP contribution >= 0.6 is 34.9 Å². The van der Waals surface area contributed by atoms with Crippen LogP contribution in [0.25, 0.3) is 0 Å². The van der Waals surface area contributed by atoms with E-state index in [9.17, 15) is 19.5 Å². The Balaban J connectivity index is 1.75. The fraction of sp³-hybridized carbons (Fsp3) is 0.294. The maximum absolute atomic E-state index is 12.7. The molecule has 162 valence electrons. The number of carboxylic acid groups (broad SMARTS) is 1. The van der Waals surface area contributed by atoms with Gasteiger partial charge in [0, 0.05) is 23.0 Å². The van der Waals surface area contributed by atoms with E-state index in [1.807, 2.05) is 6.07 Å². The first kappa shape index (κ1) is 22.7. The Hall–Kier alpha value is -3.02. The summed E-state index contributed by atoms with van der Waals surface area (Å²) in [7, 11) is 1.27. The highest BCUT2D eigenvalue weighted by atomic mass is 32.2. The molecule has 14 heteroatoms. The van der Waals surface area contributed by atoms with Gasteiger partial charge in [0.25, 0.3) is 11.8 Å². The Morgan fingerprint density at radius 1 is 1.61 bits per heavy atom. The lowest BCUT2D eigenvalue weighted by Crippen LogP contribution is -2.71. The predicted molar refractivity (Wildman–Crippen MR) is 117 cm³/mol. The molecule has 2 amide bonds. The van der Waals surface area contributed by atoms with Gasteiger partial charge in [0.1, 0.15) is 29.9 Å². The molecule has 31 heavy (non-hydrogen) atoms. The minimum atomic E-state index is -1.22. The monoisotopic (exact) mass is 480 g/mol. The molecular weight excluding hydrogens is 464 g/mol. The van der Waals surface area contributed by atoms with Crippen LogP contribution in [0.15, 0.2) is 33.3 Å². The van der Waals surface area contributed by atoms with Gasteiger partial charge in [-0.15, -0.1) is 34.9 Å². The number of carbonyl (C=O) groups excluding carboxylic acids is 2. The second-order valence-corrected chi connectivity index (χ2v) is 8.94. The number of oxime groups is 1. The molecule has 1 aromatic rings. The first-order chi connectivity index (χ1) is 14.9. The highest BCUT2D eigenvalue weighted by molar-refractivity contribution is 8.02. The average molecular weight is 481 g/mol. The van der Waals surface area contributed by atoms with Crippen molar-refractivity contribution in [3.05, 3.63) is 33.8 Å². The summed E-state index contributed by atoms with van der Waals surface area (Å²) in [6.07, 6.45) is 1.29. The summed E-state index contributed by atoms with van der Waals surface area (Å²) in [5.74, 6) is -1.74. The Bertz CT molecular complexity index is 1040. The van der Waals surface area contributed by atoms with E-state index in [0.717, 1.165) is 11.3 Å². The van der Waals surface area contributed by atoms with Crippen LogP contribution in [0.3, 0.4) is 0 Å². The molecule has 11 nitrogen and oxygen atoms in total. The van der Waals surface area contributed by atoms with Gasteiger partial charge >= 0.3 is 5.97 Å². The van der Waals surface area contributed by atoms with Crippen LogP contribution in [0, 0.1) is 11.3 Å². The van der Waals surface area contributed by atoms with E-state index in [2.05, 4.69) is 15.5 Å². The van der Waals surface area contributed by atoms with E-state index < -0.39 is 29.2 Å². The molecule has 2 atom stereocenters. The molecule has 3 heterocycles. The number of hydrogen-bond acceptors (Lipinski definition) is 11. The van der Waals surface area contributed by atoms with E-state index in [1.165, 1.54) is 47.0 Å². The number of aliphatic carboxylic acids is 1. The number of carbonyl (C=O) groups is 3. The summed E-state index contributed by atoms with van der Waals surface area (Å²) in [5, 5.41) is 27.2. The molecule has 0 aromatic carbocycles. The van der Waals surface area contributed by atoms with Crippen LogP contribution in [0.1, 0.15) is 5.69 Å². The number of carboxylic acids is 1. The summed E-state index contributed by atoms with van der Waals surface area (Å²) < 4.78 is 0. The lowest BCUT2D eigenvalue weighted by Gasteiger charge is -2.49. The number of anilines is 1. The highest BCUT2D eigenvalue weighted by Gasteiger charge is 2.54. The van der Waals surface area contributed by atoms with Crippen molar-refractivity contribution in [1.29, 1.82) is 5.26 Å². The maximum Gasteiger partial charge on any atom is 0.352 e. The van der Waals surface area contributed by atoms with Gasteiger partial charge in [-0.3, -0.25) is 14.5 Å². The Kier molecular flexibility index (Phi) is 7.21. The topological polar surface area (TPSA) is 171 Å². The molecule has 0 saturated carbocycles. The van der Waals surface area contributed by atoms with Crippen LogP contribution in [0.5, 0.6) is 0 Å². The zero-order chi connectivity index (χ0) is 22.5. The normalized spacial score (nSPS) is 20.8. The van der Waals surface area contributed by atoms with Gasteiger partial charge in [-0.05, 0) is 11.0 Å². The zero-order valence-electron chi connectivity index (χ0n) is 16.0. The number of rotatable bonds is 8. The van der Waals surface area contributed by atoms with Crippen LogP contribution in [0.2, 0.25) is 0 Å². The summed E-state index contributed by atoms with van der Waals surface area (Å²) >= 11 is 3.73. The summed E-state index contributed by atoms with van der Waals surface area (Å²) in [4.78, 5) is 47.1. The third-order valence-corrected chi connectivity index (χ3v) is 7.05. The molecule has 0 bridgehead atoms. The second kappa shape index (κ2) is 9.86. The van der Waals surface area contributed by atoms with Crippen molar-refractivity contribution in [3.63, 3.8) is 0 Å². The summed E-state index contributed by atoms with van der Waals surface area (Å²) in [6.45, 7) is 0. The molecule has 4 N–H and O–H groups in total. The molecular formula is C17H16N6O5S3. The van der Waals surface area contributed by atoms with E-state index in [-0.39, 0.29) is 22.2 Å². The zero-order valence-corrected chi connectivity index (χ0v) is 18.4. The molecule has 1 unspecified atom stereocenters. The number of hydrogen-bond donors (Lipinski definition) is 3. The quantitative estimate of drug-likeness (QED) is 0.207. The SMILES string of the molecule is CO/N=C(\C(=O)NC1C(=O)N2C(C(=O)O)=C(CS/C=C/C#N)CS[C@H]12)c1csc(N)n1. The minimum Gasteiger partial charge on any atom is -0.477 e. The van der Waals surface area contributed by atoms with Gasteiger partial charge in [0.15, 0.2) is 10.8 Å². The van der Waals surface area contributed by atoms with Gasteiger partial charge in [0.2, 0.25) is 0 Å². The molecule has 1 saturated heterocycles. The van der Waals surface area contributed by atoms with E-state index in [4.69, 9.17) is 15.8 Å². The molecule has 2 aliphatic heterocycles. The van der Waals surface area contributed by atoms with Crippen LogP contribution in [0.4, 0.5) is 5.13 Å². The number of nitriles is 1. The fourth-order valence-corrected chi connectivity index (χ4v) is 5.64. The first-order valence-corrected chi connectivity index (χ1v) is 11.6. The number of thioether (sulfide) groups is 2. The first-order valence-electron chi connectivity index (χ1n) is 8.58. The number of nitrogens with one attached hydrogen (secondary N) is 1. The number of allylic oxidation sites excluding steroid dienone is 1. The highest BCUT2D eigenvalue weighted by Crippen LogP contribution is 2.41. The van der Waals surface area contributed by atoms with Crippen molar-refractivity contribution >= 4 is 63.5 Å². The van der Waals surface area contributed by atoms with Crippen molar-refractivity contribution < 1.29 is 24.3 Å². The lowest BCUT2D eigenvalue weighted by molar-refractivity contribution is -0.150. The number of nitrogens with two attached hydrogens (primary N) is 1. The van der Waals surface area contributed by atoms with Gasteiger partial charge in [-0.1, -0.05) is 5.16 Å². The maximum atomic E-state index is 12.7. The molecule has 1 fully saturated rings. The molecule has 0 aliphatic carbocycles. The Morgan fingerprint density at radius 2 is 2.39 bits per heavy atom. The number of nitrogen functional groups attached to an aromatic ring is 1. The Labute approximate surface area is 189 Å². The lowest BCUT2D eigenvalue weighted by atomic mass is 10.0. The largest absolute Gasteiger partial charge is 0.477 e. The van der Waals surface area contributed by atoms with E-state index in [0.29, 0.717) is 17.1 Å². The van der Waals surface area contributed by atoms with Crippen LogP contribution in [-0.4, -0.2) is 68.5 Å². The summed E-state index contributed by atoms with van der Waals surface area (Å²) in [5.41, 5.74) is 6.15. The van der Waals surface area contributed by atoms with Crippen molar-refractivity contribution in [1.82, 2.24) is 15.2 Å². The number of nitrogens with zero attached hydrogens (tertiary/aromatic N) is 4. The smallest absolute Gasteiger partial charge is 0.352 e. The van der Waals surface area contributed by atoms with Crippen molar-refractivity contribution in [3.8, 4) is 6.07 Å². The standard InChI is InChI=1S/C17H16N6O5S3/c1-28-22-10(9-7-31-17(19)20-9)13(24)21-11-14(25)23-12(16(26)27)8(6-30-15(11)23)5-29-4-2-3-18/h2,4,7,11,15H,5-6H2,1H3,(H2,19,20)(H,21,24)(H,26,27)/b4-2+,22-10-/t11?,15-/m1/s1. The molecule has 0 radical (unpaired) electrons. The number of amides is 2. The van der Waals surface area contributed by atoms with Crippen molar-refractivity contribution in [2.75, 3.05) is 24.3 Å². The summed E-state index contributed by atoms with van der Waals surface area (Å²) in [6, 6.07) is 0.937. The van der Waals surface area contributed by atoms with Gasteiger partial charge in [0.05, 0.1) is 6.07 Å². The number of β-lactam (4-membered cyclic amide) rings is 1. The minimum absolute atomic E-state index is 0.0878. The predicted octanol–water partition coefficient (Wildman–Crippen LogP) is 0.585. The second-order valence-electron chi connectivity index (χ2n) is 6.05. The van der Waals surface area contributed by atoms with E-state index >= 15 is 0 Å². The van der Waals surface area contributed by atoms with E-state index in [1.54, 1.807) is 5.41 Å². The van der Waals surface area contributed by atoms with Crippen molar-refractivity contribution in [2.24, 2.45) is 5.16 Å². The molecule has 0 spiro atoms. The molecule has 1 aromatic heterocycles. The van der Waals surface area contributed by atoms with Gasteiger partial charge in [-0.2, -0.15) is 5.26 Å². The number of aromatic nitrogens is 1. The average Bonchev–Trinajstić information content (AvgIpc) is 3.18. The third kappa shape index (κ3) is 4.68. The van der Waals surface area contributed by atoms with Gasteiger partial charge < -0.3 is 21.0 Å². The fourth-order valence-electron chi connectivity index (χ4n) is 2.92. The molecule has 2 aliphatic rings. The van der Waals surface area contributed by atoms with Crippen LogP contribution < -0.4 is 11.1 Å². The van der Waals surface area contributed by atoms with Crippen molar-refractivity contribution in [2.45, 2.75) is 11.4 Å². The molecule has 3 rings (SSSR count). The number of thiazole rings is 1. The van der Waals surface area contributed by atoms with Gasteiger partial charge in [-0.25, -0.2) is 9.78 Å².